The molecule has 0 saturated carbocycles. The van der Waals surface area contributed by atoms with E-state index in [1.54, 1.807) is 12.1 Å². The fourth-order valence-corrected chi connectivity index (χ4v) is 6.55. The molecule has 6 rings (SSSR count). The zero-order chi connectivity index (χ0) is 25.5. The molecule has 3 saturated heterocycles. The van der Waals surface area contributed by atoms with Gasteiger partial charge in [-0.25, -0.2) is 4.39 Å². The van der Waals surface area contributed by atoms with Crippen molar-refractivity contribution in [1.82, 2.24) is 14.4 Å². The average Bonchev–Trinajstić information content (AvgIpc) is 3.57. The summed E-state index contributed by atoms with van der Waals surface area (Å²) in [5.74, 6) is 1.16. The lowest BCUT2D eigenvalue weighted by Crippen LogP contribution is -2.49. The number of nitrogens with zero attached hydrogens (tertiary/aromatic N) is 5. The molecule has 0 spiro atoms. The van der Waals surface area contributed by atoms with Gasteiger partial charge in [-0.2, -0.15) is 0 Å². The molecule has 3 aliphatic heterocycles. The lowest BCUT2D eigenvalue weighted by Gasteiger charge is -2.36. The molecule has 6 nitrogen and oxygen atoms in total. The first-order valence-corrected chi connectivity index (χ1v) is 13.5. The number of hydrogen-bond acceptors (Lipinski definition) is 4. The van der Waals surface area contributed by atoms with Crippen LogP contribution in [0.2, 0.25) is 5.02 Å². The first-order valence-electron chi connectivity index (χ1n) is 13.1. The molecule has 3 aromatic rings. The Morgan fingerprint density at radius 1 is 0.919 bits per heavy atom. The van der Waals surface area contributed by atoms with Gasteiger partial charge in [0.15, 0.2) is 0 Å². The van der Waals surface area contributed by atoms with E-state index in [1.807, 2.05) is 28.6 Å². The normalized spacial score (nSPS) is 22.1. The van der Waals surface area contributed by atoms with E-state index >= 15 is 0 Å². The molecular weight excluding hydrogens is 489 g/mol. The maximum atomic E-state index is 13.3. The smallest absolute Gasteiger partial charge is 0.270 e. The van der Waals surface area contributed by atoms with E-state index in [0.29, 0.717) is 24.9 Å². The van der Waals surface area contributed by atoms with Crippen molar-refractivity contribution >= 4 is 28.9 Å². The first-order chi connectivity index (χ1) is 17.9. The number of carbonyl (C=O) groups is 1. The van der Waals surface area contributed by atoms with E-state index < -0.39 is 0 Å². The number of piperazine rings is 1. The zero-order valence-corrected chi connectivity index (χ0v) is 21.9. The maximum Gasteiger partial charge on any atom is 0.270 e. The van der Waals surface area contributed by atoms with E-state index in [9.17, 15) is 9.18 Å². The van der Waals surface area contributed by atoms with Gasteiger partial charge in [0.25, 0.3) is 5.91 Å². The van der Waals surface area contributed by atoms with Crippen molar-refractivity contribution in [1.29, 1.82) is 0 Å². The Labute approximate surface area is 222 Å². The van der Waals surface area contributed by atoms with E-state index in [1.165, 1.54) is 17.7 Å². The molecule has 0 aliphatic carbocycles. The fourth-order valence-electron chi connectivity index (χ4n) is 6.30. The van der Waals surface area contributed by atoms with Gasteiger partial charge in [-0.1, -0.05) is 23.7 Å². The maximum absolute atomic E-state index is 13.3. The molecule has 0 N–H and O–H groups in total. The van der Waals surface area contributed by atoms with Crippen molar-refractivity contribution < 1.29 is 9.18 Å². The molecule has 1 aromatic heterocycles. The number of hydrogen-bond donors (Lipinski definition) is 0. The van der Waals surface area contributed by atoms with Crippen LogP contribution < -0.4 is 9.80 Å². The van der Waals surface area contributed by atoms with Crippen molar-refractivity contribution in [2.45, 2.75) is 6.54 Å². The number of amides is 1. The molecule has 0 radical (unpaired) electrons. The summed E-state index contributed by atoms with van der Waals surface area (Å²) < 4.78 is 15.2. The predicted molar refractivity (Wildman–Crippen MR) is 146 cm³/mol. The van der Waals surface area contributed by atoms with Gasteiger partial charge >= 0.3 is 0 Å². The standard InChI is InChI=1S/C29H33ClFN5O/c1-32-15-21(16-33-17-22-19-36(20-23(22)18-33)27-5-3-2-4-26(27)30)14-28(32)29(37)35-12-10-34(11-13-35)25-8-6-24(31)7-9-25/h2-9,14-15,22-23H,10-13,16-20H2,1H3. The van der Waals surface area contributed by atoms with Gasteiger partial charge in [0.05, 0.1) is 10.7 Å². The van der Waals surface area contributed by atoms with Crippen molar-refractivity contribution in [3.63, 3.8) is 0 Å². The highest BCUT2D eigenvalue weighted by atomic mass is 35.5. The van der Waals surface area contributed by atoms with Crippen LogP contribution in [0, 0.1) is 17.7 Å². The molecule has 3 fully saturated rings. The minimum Gasteiger partial charge on any atom is -0.370 e. The fraction of sp³-hybridized carbons (Fsp3) is 0.414. The van der Waals surface area contributed by atoms with Crippen LogP contribution in [0.15, 0.2) is 60.8 Å². The van der Waals surface area contributed by atoms with Gasteiger partial charge < -0.3 is 19.3 Å². The molecule has 8 heteroatoms. The second kappa shape index (κ2) is 10.0. The second-order valence-corrected chi connectivity index (χ2v) is 11.1. The van der Waals surface area contributed by atoms with E-state index in [-0.39, 0.29) is 11.7 Å². The van der Waals surface area contributed by atoms with Crippen LogP contribution in [0.5, 0.6) is 0 Å². The quantitative estimate of drug-likeness (QED) is 0.500. The van der Waals surface area contributed by atoms with Crippen LogP contribution in [0.4, 0.5) is 15.8 Å². The van der Waals surface area contributed by atoms with Gasteiger partial charge in [0.2, 0.25) is 0 Å². The predicted octanol–water partition coefficient (Wildman–Crippen LogP) is 4.35. The second-order valence-electron chi connectivity index (χ2n) is 10.7. The molecule has 2 aromatic carbocycles. The summed E-state index contributed by atoms with van der Waals surface area (Å²) in [5, 5.41) is 0.831. The number of carbonyl (C=O) groups excluding carboxylic acids is 1. The molecule has 4 heterocycles. The highest BCUT2D eigenvalue weighted by Gasteiger charge is 2.40. The van der Waals surface area contributed by atoms with E-state index in [4.69, 9.17) is 11.6 Å². The lowest BCUT2D eigenvalue weighted by molar-refractivity contribution is 0.0737. The summed E-state index contributed by atoms with van der Waals surface area (Å²) in [7, 11) is 1.96. The largest absolute Gasteiger partial charge is 0.370 e. The van der Waals surface area contributed by atoms with Crippen LogP contribution in [0.1, 0.15) is 16.1 Å². The monoisotopic (exact) mass is 521 g/mol. The lowest BCUT2D eigenvalue weighted by atomic mass is 10.0. The Kier molecular flexibility index (Phi) is 6.59. The van der Waals surface area contributed by atoms with E-state index in [0.717, 1.165) is 67.9 Å². The summed E-state index contributed by atoms with van der Waals surface area (Å²) in [6.45, 7) is 7.94. The average molecular weight is 522 g/mol. The van der Waals surface area contributed by atoms with Gasteiger partial charge in [0.1, 0.15) is 11.5 Å². The first kappa shape index (κ1) is 24.3. The van der Waals surface area contributed by atoms with Crippen LogP contribution in [0.25, 0.3) is 0 Å². The Balaban J connectivity index is 1.03. The van der Waals surface area contributed by atoms with Crippen LogP contribution >= 0.6 is 11.6 Å². The summed E-state index contributed by atoms with van der Waals surface area (Å²) in [6.07, 6.45) is 2.10. The Bertz CT molecular complexity index is 1260. The summed E-state index contributed by atoms with van der Waals surface area (Å²) in [5.41, 5.74) is 4.09. The molecule has 2 unspecified atom stereocenters. The van der Waals surface area contributed by atoms with Crippen molar-refractivity contribution in [2.24, 2.45) is 18.9 Å². The minimum atomic E-state index is -0.228. The summed E-state index contributed by atoms with van der Waals surface area (Å²) >= 11 is 6.44. The number of fused-ring (bicyclic) bond motifs is 1. The number of likely N-dealkylation sites (tertiary alicyclic amines) is 1. The molecule has 2 atom stereocenters. The SMILES string of the molecule is Cn1cc(CN2CC3CN(c4ccccc4Cl)CC3C2)cc1C(=O)N1CCN(c2ccc(F)cc2)CC1. The molecule has 194 valence electrons. The Hall–Kier alpha value is -3.03. The van der Waals surface area contributed by atoms with Crippen LogP contribution in [-0.2, 0) is 13.6 Å². The highest BCUT2D eigenvalue weighted by molar-refractivity contribution is 6.33. The molecular formula is C29H33ClFN5O. The number of rotatable bonds is 5. The van der Waals surface area contributed by atoms with Crippen molar-refractivity contribution in [3.05, 3.63) is 82.9 Å². The Morgan fingerprint density at radius 3 is 2.27 bits per heavy atom. The number of halogens is 2. The topological polar surface area (TPSA) is 35.0 Å². The third kappa shape index (κ3) is 4.94. The van der Waals surface area contributed by atoms with Gasteiger partial charge in [-0.05, 0) is 59.9 Å². The van der Waals surface area contributed by atoms with Crippen LogP contribution in [-0.4, -0.2) is 72.6 Å². The van der Waals surface area contributed by atoms with Crippen LogP contribution in [0.3, 0.4) is 0 Å². The molecule has 3 aliphatic rings. The van der Waals surface area contributed by atoms with E-state index in [2.05, 4.69) is 39.1 Å². The third-order valence-electron chi connectivity index (χ3n) is 8.20. The minimum absolute atomic E-state index is 0.0844. The number of aromatic nitrogens is 1. The zero-order valence-electron chi connectivity index (χ0n) is 21.2. The van der Waals surface area contributed by atoms with Gasteiger partial charge in [0, 0.05) is 77.8 Å². The molecule has 37 heavy (non-hydrogen) atoms. The molecule has 0 bridgehead atoms. The third-order valence-corrected chi connectivity index (χ3v) is 8.52. The highest BCUT2D eigenvalue weighted by Crippen LogP contribution is 2.37. The summed E-state index contributed by atoms with van der Waals surface area (Å²) in [6, 6.07) is 16.8. The number of benzene rings is 2. The Morgan fingerprint density at radius 2 is 1.59 bits per heavy atom. The number of para-hydroxylation sites is 1. The van der Waals surface area contributed by atoms with Gasteiger partial charge in [-0.3, -0.25) is 9.69 Å². The van der Waals surface area contributed by atoms with Crippen molar-refractivity contribution in [2.75, 3.05) is 62.2 Å². The summed E-state index contributed by atoms with van der Waals surface area (Å²) in [4.78, 5) is 22.4. The van der Waals surface area contributed by atoms with Crippen molar-refractivity contribution in [3.8, 4) is 0 Å². The number of anilines is 2. The molecule has 1 amide bonds. The van der Waals surface area contributed by atoms with Gasteiger partial charge in [-0.15, -0.1) is 0 Å². The number of aryl methyl sites for hydroxylation is 1.